The van der Waals surface area contributed by atoms with Crippen LogP contribution >= 0.6 is 0 Å². The summed E-state index contributed by atoms with van der Waals surface area (Å²) in [4.78, 5) is 10.7. The molecule has 9 heavy (non-hydrogen) atoms. The van der Waals surface area contributed by atoms with Crippen molar-refractivity contribution < 1.29 is 14.3 Å². The molecule has 4 nitrogen and oxygen atoms in total. The van der Waals surface area contributed by atoms with Gasteiger partial charge in [-0.05, 0) is 0 Å². The lowest BCUT2D eigenvalue weighted by Gasteiger charge is -2.34. The minimum atomic E-state index is -0.852. The van der Waals surface area contributed by atoms with Crippen molar-refractivity contribution >= 4 is 5.97 Å². The van der Waals surface area contributed by atoms with Crippen molar-refractivity contribution in [2.24, 2.45) is 5.73 Å². The van der Waals surface area contributed by atoms with E-state index in [9.17, 15) is 4.79 Å². The molecule has 0 bridgehead atoms. The first kappa shape index (κ1) is 6.51. The van der Waals surface area contributed by atoms with Crippen LogP contribution in [0.1, 0.15) is 0 Å². The van der Waals surface area contributed by atoms with Crippen LogP contribution in [0.15, 0.2) is 0 Å². The van der Waals surface area contributed by atoms with Crippen LogP contribution in [-0.2, 0) is 14.3 Å². The first-order chi connectivity index (χ1) is 4.19. The molecule has 1 fully saturated rings. The smallest absolute Gasteiger partial charge is 0.330 e. The molecule has 1 aliphatic rings. The Morgan fingerprint density at radius 2 is 2.33 bits per heavy atom. The zero-order valence-electron chi connectivity index (χ0n) is 5.22. The average Bonchev–Trinajstić information content (AvgIpc) is 1.81. The Labute approximate surface area is 52.9 Å². The van der Waals surface area contributed by atoms with Gasteiger partial charge in [-0.1, -0.05) is 0 Å². The Hall–Kier alpha value is -0.610. The van der Waals surface area contributed by atoms with Crippen molar-refractivity contribution in [3.05, 3.63) is 0 Å². The zero-order valence-corrected chi connectivity index (χ0v) is 5.22. The molecule has 2 N–H and O–H groups in total. The number of methoxy groups -OCH3 is 1. The van der Waals surface area contributed by atoms with E-state index >= 15 is 0 Å². The number of carbonyl (C=O) groups is 1. The summed E-state index contributed by atoms with van der Waals surface area (Å²) in [7, 11) is 1.31. The van der Waals surface area contributed by atoms with Crippen molar-refractivity contribution in [3.8, 4) is 0 Å². The summed E-state index contributed by atoms with van der Waals surface area (Å²) in [5.74, 6) is -0.395. The summed E-state index contributed by atoms with van der Waals surface area (Å²) in [6.07, 6.45) is 0. The molecule has 1 rings (SSSR count). The van der Waals surface area contributed by atoms with Gasteiger partial charge in [-0.15, -0.1) is 0 Å². The van der Waals surface area contributed by atoms with E-state index in [0.717, 1.165) is 0 Å². The Bertz CT molecular complexity index is 130. The number of rotatable bonds is 1. The molecule has 0 spiro atoms. The lowest BCUT2D eigenvalue weighted by Crippen LogP contribution is -2.63. The van der Waals surface area contributed by atoms with Crippen molar-refractivity contribution in [1.82, 2.24) is 0 Å². The van der Waals surface area contributed by atoms with Crippen molar-refractivity contribution in [2.75, 3.05) is 20.3 Å². The van der Waals surface area contributed by atoms with Crippen LogP contribution in [0.4, 0.5) is 0 Å². The Morgan fingerprint density at radius 1 is 1.78 bits per heavy atom. The van der Waals surface area contributed by atoms with E-state index in [1.54, 1.807) is 0 Å². The fourth-order valence-electron chi connectivity index (χ4n) is 0.643. The van der Waals surface area contributed by atoms with Crippen LogP contribution in [-0.4, -0.2) is 31.8 Å². The third-order valence-corrected chi connectivity index (χ3v) is 1.31. The predicted octanol–water partition coefficient (Wildman–Crippen LogP) is -1.11. The van der Waals surface area contributed by atoms with Crippen molar-refractivity contribution in [1.29, 1.82) is 0 Å². The maximum atomic E-state index is 10.7. The van der Waals surface area contributed by atoms with E-state index in [0.29, 0.717) is 0 Å². The quantitative estimate of drug-likeness (QED) is 0.458. The van der Waals surface area contributed by atoms with E-state index in [-0.39, 0.29) is 13.2 Å². The Balaban J connectivity index is 2.49. The van der Waals surface area contributed by atoms with Crippen LogP contribution in [0.3, 0.4) is 0 Å². The fourth-order valence-corrected chi connectivity index (χ4v) is 0.643. The second-order valence-electron chi connectivity index (χ2n) is 2.14. The first-order valence-electron chi connectivity index (χ1n) is 2.64. The molecule has 0 aliphatic carbocycles. The normalized spacial score (nSPS) is 22.4. The van der Waals surface area contributed by atoms with Crippen LogP contribution in [0.5, 0.6) is 0 Å². The van der Waals surface area contributed by atoms with E-state index < -0.39 is 11.5 Å². The highest BCUT2D eigenvalue weighted by Gasteiger charge is 2.43. The van der Waals surface area contributed by atoms with Gasteiger partial charge in [0.1, 0.15) is 0 Å². The van der Waals surface area contributed by atoms with Gasteiger partial charge in [-0.25, -0.2) is 4.79 Å². The minimum Gasteiger partial charge on any atom is -0.468 e. The molecule has 0 saturated carbocycles. The van der Waals surface area contributed by atoms with E-state index in [1.807, 2.05) is 0 Å². The van der Waals surface area contributed by atoms with Gasteiger partial charge in [0.2, 0.25) is 0 Å². The average molecular weight is 131 g/mol. The fraction of sp³-hybridized carbons (Fsp3) is 0.800. The van der Waals surface area contributed by atoms with E-state index in [4.69, 9.17) is 10.5 Å². The molecular formula is C5H9NO3. The standard InChI is InChI=1S/C5H9NO3/c1-8-4(7)5(6)2-9-3-5/h2-3,6H2,1H3. The van der Waals surface area contributed by atoms with Crippen LogP contribution in [0, 0.1) is 0 Å². The highest BCUT2D eigenvalue weighted by Crippen LogP contribution is 2.13. The number of nitrogens with two attached hydrogens (primary N) is 1. The largest absolute Gasteiger partial charge is 0.468 e. The molecule has 0 atom stereocenters. The van der Waals surface area contributed by atoms with E-state index in [1.165, 1.54) is 7.11 Å². The SMILES string of the molecule is COC(=O)C1(N)COC1. The molecule has 0 aromatic carbocycles. The van der Waals surface area contributed by atoms with E-state index in [2.05, 4.69) is 4.74 Å². The molecule has 0 radical (unpaired) electrons. The highest BCUT2D eigenvalue weighted by molar-refractivity contribution is 5.81. The summed E-state index contributed by atoms with van der Waals surface area (Å²) in [5, 5.41) is 0. The second-order valence-corrected chi connectivity index (χ2v) is 2.14. The van der Waals surface area contributed by atoms with Gasteiger partial charge < -0.3 is 15.2 Å². The second kappa shape index (κ2) is 1.97. The Morgan fingerprint density at radius 3 is 2.44 bits per heavy atom. The molecule has 4 heteroatoms. The maximum absolute atomic E-state index is 10.7. The third kappa shape index (κ3) is 0.906. The summed E-state index contributed by atoms with van der Waals surface area (Å²) >= 11 is 0. The molecular weight excluding hydrogens is 122 g/mol. The summed E-state index contributed by atoms with van der Waals surface area (Å²) in [5.41, 5.74) is 4.60. The first-order valence-corrected chi connectivity index (χ1v) is 2.64. The van der Waals surface area contributed by atoms with Gasteiger partial charge in [0.05, 0.1) is 20.3 Å². The van der Waals surface area contributed by atoms with Crippen molar-refractivity contribution in [2.45, 2.75) is 5.54 Å². The van der Waals surface area contributed by atoms with Gasteiger partial charge in [-0.3, -0.25) is 0 Å². The number of carbonyl (C=O) groups excluding carboxylic acids is 1. The van der Waals surface area contributed by atoms with Crippen molar-refractivity contribution in [3.63, 3.8) is 0 Å². The zero-order chi connectivity index (χ0) is 6.91. The van der Waals surface area contributed by atoms with Crippen LogP contribution in [0.2, 0.25) is 0 Å². The molecule has 0 amide bonds. The summed E-state index contributed by atoms with van der Waals surface area (Å²) < 4.78 is 9.15. The van der Waals surface area contributed by atoms with Crippen LogP contribution in [0.25, 0.3) is 0 Å². The topological polar surface area (TPSA) is 61.5 Å². The number of hydrogen-bond donors (Lipinski definition) is 1. The molecule has 1 saturated heterocycles. The third-order valence-electron chi connectivity index (χ3n) is 1.31. The monoisotopic (exact) mass is 131 g/mol. The highest BCUT2D eigenvalue weighted by atomic mass is 16.5. The number of hydrogen-bond acceptors (Lipinski definition) is 4. The number of esters is 1. The van der Waals surface area contributed by atoms with Crippen LogP contribution < -0.4 is 5.73 Å². The van der Waals surface area contributed by atoms with Gasteiger partial charge in [0.15, 0.2) is 5.54 Å². The summed E-state index contributed by atoms with van der Waals surface area (Å²) in [6.45, 7) is 0.555. The van der Waals surface area contributed by atoms with Gasteiger partial charge in [0, 0.05) is 0 Å². The molecule has 0 unspecified atom stereocenters. The molecule has 0 aromatic heterocycles. The maximum Gasteiger partial charge on any atom is 0.330 e. The van der Waals surface area contributed by atoms with Gasteiger partial charge in [-0.2, -0.15) is 0 Å². The lowest BCUT2D eigenvalue weighted by atomic mass is 10.00. The Kier molecular flexibility index (Phi) is 1.42. The minimum absolute atomic E-state index is 0.277. The predicted molar refractivity (Wildman–Crippen MR) is 29.8 cm³/mol. The van der Waals surface area contributed by atoms with Gasteiger partial charge in [0.25, 0.3) is 0 Å². The van der Waals surface area contributed by atoms with Gasteiger partial charge >= 0.3 is 5.97 Å². The summed E-state index contributed by atoms with van der Waals surface area (Å²) in [6, 6.07) is 0. The molecule has 0 aromatic rings. The molecule has 1 heterocycles. The lowest BCUT2D eigenvalue weighted by molar-refractivity contribution is -0.164. The molecule has 52 valence electrons. The molecule has 1 aliphatic heterocycles. The number of ether oxygens (including phenoxy) is 2.